The Hall–Kier alpha value is -3.75. The van der Waals surface area contributed by atoms with Crippen LogP contribution >= 0.6 is 0 Å². The van der Waals surface area contributed by atoms with E-state index in [9.17, 15) is 14.9 Å². The molecule has 2 heterocycles. The third-order valence-corrected chi connectivity index (χ3v) is 3.25. The number of hydrogen-bond acceptors (Lipinski definition) is 6. The number of H-pyrrole nitrogens is 1. The van der Waals surface area contributed by atoms with E-state index in [1.54, 1.807) is 18.5 Å². The van der Waals surface area contributed by atoms with Crippen molar-refractivity contribution in [2.24, 2.45) is 0 Å². The molecule has 25 heavy (non-hydrogen) atoms. The van der Waals surface area contributed by atoms with Crippen molar-refractivity contribution in [3.63, 3.8) is 0 Å². The van der Waals surface area contributed by atoms with Crippen molar-refractivity contribution < 1.29 is 14.5 Å². The van der Waals surface area contributed by atoms with Gasteiger partial charge in [0.25, 0.3) is 11.6 Å². The summed E-state index contributed by atoms with van der Waals surface area (Å²) < 4.78 is 5.29. The average Bonchev–Trinajstić information content (AvgIpc) is 3.09. The number of nitro groups is 1. The van der Waals surface area contributed by atoms with Gasteiger partial charge in [-0.15, -0.1) is 0 Å². The van der Waals surface area contributed by atoms with Crippen molar-refractivity contribution in [3.8, 4) is 17.0 Å². The van der Waals surface area contributed by atoms with Crippen LogP contribution in [-0.4, -0.2) is 32.6 Å². The molecule has 1 amide bonds. The van der Waals surface area contributed by atoms with Crippen molar-refractivity contribution in [1.29, 1.82) is 0 Å². The van der Waals surface area contributed by atoms with E-state index in [1.165, 1.54) is 24.3 Å². The summed E-state index contributed by atoms with van der Waals surface area (Å²) in [4.78, 5) is 25.9. The van der Waals surface area contributed by atoms with Gasteiger partial charge in [-0.3, -0.25) is 25.0 Å². The second kappa shape index (κ2) is 7.21. The zero-order valence-corrected chi connectivity index (χ0v) is 12.9. The first kappa shape index (κ1) is 16.1. The predicted molar refractivity (Wildman–Crippen MR) is 89.0 cm³/mol. The average molecular weight is 339 g/mol. The van der Waals surface area contributed by atoms with Crippen molar-refractivity contribution in [2.45, 2.75) is 0 Å². The number of nitrogens with zero attached hydrogens (tertiary/aromatic N) is 3. The second-order valence-electron chi connectivity index (χ2n) is 4.99. The minimum atomic E-state index is -0.506. The predicted octanol–water partition coefficient (Wildman–Crippen LogP) is 2.40. The number of carbonyl (C=O) groups excluding carboxylic acids is 1. The molecule has 0 aliphatic rings. The first-order valence-corrected chi connectivity index (χ1v) is 7.25. The highest BCUT2D eigenvalue weighted by atomic mass is 16.6. The third kappa shape index (κ3) is 4.16. The monoisotopic (exact) mass is 339 g/mol. The highest BCUT2D eigenvalue weighted by molar-refractivity contribution is 5.91. The maximum atomic E-state index is 11.9. The summed E-state index contributed by atoms with van der Waals surface area (Å²) in [5.41, 5.74) is 1.59. The first-order valence-electron chi connectivity index (χ1n) is 7.25. The number of nitrogens with one attached hydrogen (secondary N) is 2. The Balaban J connectivity index is 1.54. The molecule has 0 saturated heterocycles. The Labute approximate surface area is 141 Å². The van der Waals surface area contributed by atoms with Crippen LogP contribution < -0.4 is 10.1 Å². The fourth-order valence-electron chi connectivity index (χ4n) is 2.06. The number of benzene rings is 1. The van der Waals surface area contributed by atoms with Gasteiger partial charge in [-0.25, -0.2) is 0 Å². The molecule has 3 aromatic rings. The maximum Gasteiger partial charge on any atom is 0.269 e. The molecule has 2 N–H and O–H groups in total. The fourth-order valence-corrected chi connectivity index (χ4v) is 2.06. The number of rotatable bonds is 6. The lowest BCUT2D eigenvalue weighted by Gasteiger charge is -2.05. The van der Waals surface area contributed by atoms with Gasteiger partial charge in [-0.05, 0) is 24.3 Å². The Morgan fingerprint density at radius 2 is 1.92 bits per heavy atom. The zero-order chi connectivity index (χ0) is 17.6. The van der Waals surface area contributed by atoms with Crippen LogP contribution in [0.15, 0.2) is 54.9 Å². The summed E-state index contributed by atoms with van der Waals surface area (Å²) in [7, 11) is 0. The van der Waals surface area contributed by atoms with Crippen LogP contribution in [0.5, 0.6) is 5.75 Å². The summed E-state index contributed by atoms with van der Waals surface area (Å²) in [5, 5.41) is 20.0. The van der Waals surface area contributed by atoms with Gasteiger partial charge in [-0.2, -0.15) is 5.10 Å². The number of pyridine rings is 1. The largest absolute Gasteiger partial charge is 0.484 e. The molecule has 126 valence electrons. The van der Waals surface area contributed by atoms with E-state index < -0.39 is 10.8 Å². The third-order valence-electron chi connectivity index (χ3n) is 3.25. The minimum Gasteiger partial charge on any atom is -0.484 e. The molecule has 0 aliphatic heterocycles. The molecule has 0 atom stereocenters. The number of hydrogen-bond donors (Lipinski definition) is 2. The summed E-state index contributed by atoms with van der Waals surface area (Å²) in [5.74, 6) is 0.329. The number of anilines is 1. The second-order valence-corrected chi connectivity index (χ2v) is 4.99. The molecule has 0 aliphatic carbocycles. The Kier molecular flexibility index (Phi) is 4.65. The standard InChI is InChI=1S/C16H13N5O4/c22-16(10-25-13-3-1-12(2-4-13)21(23)24)18-15-9-14(19-20-15)11-5-7-17-8-6-11/h1-9H,10H2,(H2,18,19,20,22). The highest BCUT2D eigenvalue weighted by Crippen LogP contribution is 2.19. The Morgan fingerprint density at radius 1 is 1.20 bits per heavy atom. The van der Waals surface area contributed by atoms with Crippen LogP contribution in [0.4, 0.5) is 11.5 Å². The van der Waals surface area contributed by atoms with Crippen LogP contribution in [0.1, 0.15) is 0 Å². The minimum absolute atomic E-state index is 0.0445. The first-order chi connectivity index (χ1) is 12.1. The molecule has 3 rings (SSSR count). The number of amides is 1. The van der Waals surface area contributed by atoms with Crippen LogP contribution in [0.2, 0.25) is 0 Å². The molecule has 0 saturated carbocycles. The quantitative estimate of drug-likeness (QED) is 0.525. The summed E-state index contributed by atoms with van der Waals surface area (Å²) >= 11 is 0. The van der Waals surface area contributed by atoms with Gasteiger partial charge >= 0.3 is 0 Å². The summed E-state index contributed by atoms with van der Waals surface area (Å²) in [6.45, 7) is -0.241. The molecule has 0 spiro atoms. The Morgan fingerprint density at radius 3 is 2.60 bits per heavy atom. The molecular weight excluding hydrogens is 326 g/mol. The lowest BCUT2D eigenvalue weighted by Crippen LogP contribution is -2.20. The molecule has 2 aromatic heterocycles. The lowest BCUT2D eigenvalue weighted by molar-refractivity contribution is -0.384. The smallest absolute Gasteiger partial charge is 0.269 e. The number of ether oxygens (including phenoxy) is 1. The van der Waals surface area contributed by atoms with Gasteiger partial charge in [0.1, 0.15) is 5.75 Å². The number of nitro benzene ring substituents is 1. The van der Waals surface area contributed by atoms with Gasteiger partial charge in [0.15, 0.2) is 12.4 Å². The van der Waals surface area contributed by atoms with Gasteiger partial charge in [0, 0.05) is 36.2 Å². The van der Waals surface area contributed by atoms with Crippen molar-refractivity contribution >= 4 is 17.4 Å². The zero-order valence-electron chi connectivity index (χ0n) is 12.9. The lowest BCUT2D eigenvalue weighted by atomic mass is 10.2. The van der Waals surface area contributed by atoms with E-state index >= 15 is 0 Å². The van der Waals surface area contributed by atoms with Crippen molar-refractivity contribution in [3.05, 3.63) is 65.0 Å². The van der Waals surface area contributed by atoms with E-state index in [0.717, 1.165) is 11.3 Å². The summed E-state index contributed by atoms with van der Waals surface area (Å²) in [6, 6.07) is 10.8. The number of carbonyl (C=O) groups is 1. The number of aromatic amines is 1. The van der Waals surface area contributed by atoms with Gasteiger partial charge in [-0.1, -0.05) is 0 Å². The maximum absolute atomic E-state index is 11.9. The molecule has 0 radical (unpaired) electrons. The normalized spacial score (nSPS) is 10.2. The summed E-state index contributed by atoms with van der Waals surface area (Å²) in [6.07, 6.45) is 3.32. The molecule has 0 unspecified atom stereocenters. The van der Waals surface area contributed by atoms with Crippen LogP contribution in [0.3, 0.4) is 0 Å². The molecule has 9 heteroatoms. The van der Waals surface area contributed by atoms with E-state index in [4.69, 9.17) is 4.74 Å². The highest BCUT2D eigenvalue weighted by Gasteiger charge is 2.09. The molecule has 9 nitrogen and oxygen atoms in total. The molecule has 0 bridgehead atoms. The topological polar surface area (TPSA) is 123 Å². The van der Waals surface area contributed by atoms with Gasteiger partial charge in [0.05, 0.1) is 10.6 Å². The number of non-ortho nitro benzene ring substituents is 1. The molecule has 0 fully saturated rings. The Bertz CT molecular complexity index is 877. The molecule has 1 aromatic carbocycles. The van der Waals surface area contributed by atoms with Crippen molar-refractivity contribution in [1.82, 2.24) is 15.2 Å². The van der Waals surface area contributed by atoms with Gasteiger partial charge < -0.3 is 10.1 Å². The fraction of sp³-hybridized carbons (Fsp3) is 0.0625. The van der Waals surface area contributed by atoms with Crippen molar-refractivity contribution in [2.75, 3.05) is 11.9 Å². The van der Waals surface area contributed by atoms with E-state index in [-0.39, 0.29) is 12.3 Å². The molecular formula is C16H13N5O4. The van der Waals surface area contributed by atoms with Crippen LogP contribution in [0, 0.1) is 10.1 Å². The van der Waals surface area contributed by atoms with E-state index in [0.29, 0.717) is 11.6 Å². The number of aromatic nitrogens is 3. The van der Waals surface area contributed by atoms with Crippen LogP contribution in [-0.2, 0) is 4.79 Å². The van der Waals surface area contributed by atoms with Gasteiger partial charge in [0.2, 0.25) is 0 Å². The SMILES string of the molecule is O=C(COc1ccc([N+](=O)[O-])cc1)Nc1cc(-c2ccncc2)[nH]n1. The van der Waals surface area contributed by atoms with E-state index in [1.807, 2.05) is 12.1 Å². The van der Waals surface area contributed by atoms with E-state index in [2.05, 4.69) is 20.5 Å². The van der Waals surface area contributed by atoms with Crippen LogP contribution in [0.25, 0.3) is 11.3 Å².